The second kappa shape index (κ2) is 9.30. The number of fused-ring (bicyclic) bond motifs is 2. The van der Waals surface area contributed by atoms with Gasteiger partial charge in [-0.1, -0.05) is 36.4 Å². The standard InChI is InChI=1S/C26H34N2O4/c1-25-16-21(20-8-4-3-5-9-20)17-26(32-25,12-14-29)11-10-22(24(25)31)28(2)23(30)15-19-7-6-13-27-18-19/h3-9,13,18,21-22,24,29,31H,10-12,14-17H2,1-2H3/t21-,22+,24-,25+,26-/m1/s1. The van der Waals surface area contributed by atoms with Gasteiger partial charge in [-0.25, -0.2) is 0 Å². The largest absolute Gasteiger partial charge is 0.396 e. The minimum atomic E-state index is -0.822. The second-order valence-corrected chi connectivity index (χ2v) is 9.68. The summed E-state index contributed by atoms with van der Waals surface area (Å²) in [4.78, 5) is 18.9. The molecule has 172 valence electrons. The molecule has 4 rings (SSSR count). The number of carbonyl (C=O) groups excluding carboxylic acids is 1. The summed E-state index contributed by atoms with van der Waals surface area (Å²) in [5.41, 5.74) is 0.772. The molecule has 2 aromatic rings. The van der Waals surface area contributed by atoms with Crippen LogP contribution in [-0.4, -0.2) is 63.0 Å². The van der Waals surface area contributed by atoms with Crippen LogP contribution in [0.2, 0.25) is 0 Å². The molecule has 1 aromatic heterocycles. The first kappa shape index (κ1) is 22.9. The van der Waals surface area contributed by atoms with Gasteiger partial charge in [-0.2, -0.15) is 0 Å². The highest BCUT2D eigenvalue weighted by molar-refractivity contribution is 5.78. The van der Waals surface area contributed by atoms with Crippen molar-refractivity contribution in [2.24, 2.45) is 0 Å². The minimum absolute atomic E-state index is 0.0358. The highest BCUT2D eigenvalue weighted by Gasteiger charge is 2.55. The Morgan fingerprint density at radius 3 is 2.69 bits per heavy atom. The summed E-state index contributed by atoms with van der Waals surface area (Å²) in [7, 11) is 1.78. The number of hydrogen-bond acceptors (Lipinski definition) is 5. The molecule has 0 aliphatic carbocycles. The highest BCUT2D eigenvalue weighted by Crippen LogP contribution is 2.51. The van der Waals surface area contributed by atoms with Crippen LogP contribution in [0, 0.1) is 0 Å². The SMILES string of the molecule is CN(C(=O)Cc1cccnc1)[C@H]1CC[C@@]2(CCO)C[C@H](c3ccccc3)C[C@](C)(O2)[C@@H]1O. The minimum Gasteiger partial charge on any atom is -0.396 e. The summed E-state index contributed by atoms with van der Waals surface area (Å²) in [6.45, 7) is 2.00. The predicted molar refractivity (Wildman–Crippen MR) is 122 cm³/mol. The first-order valence-electron chi connectivity index (χ1n) is 11.5. The van der Waals surface area contributed by atoms with E-state index < -0.39 is 17.3 Å². The number of amides is 1. The van der Waals surface area contributed by atoms with Gasteiger partial charge in [0.2, 0.25) is 5.91 Å². The lowest BCUT2D eigenvalue weighted by Crippen LogP contribution is -2.58. The van der Waals surface area contributed by atoms with Crippen LogP contribution in [0.4, 0.5) is 0 Å². The van der Waals surface area contributed by atoms with Gasteiger partial charge in [-0.05, 0) is 62.1 Å². The fourth-order valence-electron chi connectivity index (χ4n) is 5.73. The van der Waals surface area contributed by atoms with Gasteiger partial charge in [-0.3, -0.25) is 9.78 Å². The number of hydrogen-bond donors (Lipinski definition) is 2. The van der Waals surface area contributed by atoms with Crippen molar-refractivity contribution in [3.05, 3.63) is 66.0 Å². The maximum absolute atomic E-state index is 13.1. The lowest BCUT2D eigenvalue weighted by molar-refractivity contribution is -0.226. The van der Waals surface area contributed by atoms with E-state index in [1.807, 2.05) is 37.3 Å². The number of likely N-dealkylation sites (N-methyl/N-ethyl adjacent to an activating group) is 1. The Morgan fingerprint density at radius 1 is 1.22 bits per heavy atom. The molecule has 2 saturated heterocycles. The lowest BCUT2D eigenvalue weighted by atomic mass is 9.73. The van der Waals surface area contributed by atoms with Gasteiger partial charge >= 0.3 is 0 Å². The van der Waals surface area contributed by atoms with Crippen molar-refractivity contribution in [3.8, 4) is 0 Å². The van der Waals surface area contributed by atoms with Gasteiger partial charge in [0.1, 0.15) is 6.10 Å². The van der Waals surface area contributed by atoms with E-state index in [1.165, 1.54) is 5.56 Å². The van der Waals surface area contributed by atoms with Gasteiger partial charge in [0.15, 0.2) is 0 Å². The number of carbonyl (C=O) groups is 1. The molecule has 32 heavy (non-hydrogen) atoms. The molecule has 2 fully saturated rings. The van der Waals surface area contributed by atoms with Crippen LogP contribution in [0.3, 0.4) is 0 Å². The molecular weight excluding hydrogens is 404 g/mol. The van der Waals surface area contributed by atoms with E-state index in [4.69, 9.17) is 4.74 Å². The van der Waals surface area contributed by atoms with Crippen molar-refractivity contribution in [1.29, 1.82) is 0 Å². The molecule has 5 atom stereocenters. The summed E-state index contributed by atoms with van der Waals surface area (Å²) in [5.74, 6) is 0.184. The smallest absolute Gasteiger partial charge is 0.227 e. The zero-order valence-electron chi connectivity index (χ0n) is 19.0. The lowest BCUT2D eigenvalue weighted by Gasteiger charge is -2.50. The maximum Gasteiger partial charge on any atom is 0.227 e. The van der Waals surface area contributed by atoms with Crippen molar-refractivity contribution >= 4 is 5.91 Å². The Kier molecular flexibility index (Phi) is 6.65. The topological polar surface area (TPSA) is 82.9 Å². The van der Waals surface area contributed by atoms with E-state index in [-0.39, 0.29) is 30.9 Å². The number of aliphatic hydroxyl groups excluding tert-OH is 2. The summed E-state index contributed by atoms with van der Waals surface area (Å²) < 4.78 is 6.65. The summed E-state index contributed by atoms with van der Waals surface area (Å²) in [6, 6.07) is 13.7. The molecule has 2 aliphatic heterocycles. The number of nitrogens with zero attached hydrogens (tertiary/aromatic N) is 2. The van der Waals surface area contributed by atoms with E-state index in [1.54, 1.807) is 24.3 Å². The Bertz CT molecular complexity index is 909. The molecule has 1 amide bonds. The summed E-state index contributed by atoms with van der Waals surface area (Å²) in [6.07, 6.45) is 6.15. The normalized spacial score (nSPS) is 32.2. The van der Waals surface area contributed by atoms with E-state index in [9.17, 15) is 15.0 Å². The summed E-state index contributed by atoms with van der Waals surface area (Å²) >= 11 is 0. The highest BCUT2D eigenvalue weighted by atomic mass is 16.5. The van der Waals surface area contributed by atoms with Crippen LogP contribution in [0.25, 0.3) is 0 Å². The quantitative estimate of drug-likeness (QED) is 0.724. The van der Waals surface area contributed by atoms with Crippen LogP contribution in [0.5, 0.6) is 0 Å². The molecule has 0 radical (unpaired) electrons. The van der Waals surface area contributed by atoms with E-state index in [2.05, 4.69) is 17.1 Å². The Morgan fingerprint density at radius 2 is 2.00 bits per heavy atom. The molecule has 6 heteroatoms. The zero-order valence-corrected chi connectivity index (χ0v) is 19.0. The Balaban J connectivity index is 1.60. The third-order valence-electron chi connectivity index (χ3n) is 7.41. The Labute approximate surface area is 190 Å². The van der Waals surface area contributed by atoms with Gasteiger partial charge in [-0.15, -0.1) is 0 Å². The molecule has 6 nitrogen and oxygen atoms in total. The number of aromatic nitrogens is 1. The number of ether oxygens (including phenoxy) is 1. The Hall–Kier alpha value is -2.28. The molecule has 0 saturated carbocycles. The molecule has 2 N–H and O–H groups in total. The average Bonchev–Trinajstić information content (AvgIpc) is 2.87. The third kappa shape index (κ3) is 4.58. The molecule has 2 bridgehead atoms. The first-order valence-corrected chi connectivity index (χ1v) is 11.5. The van der Waals surface area contributed by atoms with Crippen molar-refractivity contribution in [3.63, 3.8) is 0 Å². The number of aliphatic hydroxyl groups is 2. The molecule has 1 aromatic carbocycles. The molecule has 0 unspecified atom stereocenters. The van der Waals surface area contributed by atoms with Crippen molar-refractivity contribution in [1.82, 2.24) is 9.88 Å². The molecule has 3 heterocycles. The number of pyridine rings is 1. The predicted octanol–water partition coefficient (Wildman–Crippen LogP) is 3.08. The molecular formula is C26H34N2O4. The third-order valence-corrected chi connectivity index (χ3v) is 7.41. The fourth-order valence-corrected chi connectivity index (χ4v) is 5.73. The van der Waals surface area contributed by atoms with Crippen LogP contribution in [-0.2, 0) is 16.0 Å². The number of benzene rings is 1. The van der Waals surface area contributed by atoms with E-state index in [0.717, 1.165) is 12.0 Å². The van der Waals surface area contributed by atoms with Crippen LogP contribution in [0.15, 0.2) is 54.9 Å². The average molecular weight is 439 g/mol. The van der Waals surface area contributed by atoms with Gasteiger partial charge in [0.05, 0.1) is 23.7 Å². The van der Waals surface area contributed by atoms with E-state index >= 15 is 0 Å². The van der Waals surface area contributed by atoms with Crippen molar-refractivity contribution in [2.75, 3.05) is 13.7 Å². The molecule has 0 spiro atoms. The zero-order chi connectivity index (χ0) is 22.8. The van der Waals surface area contributed by atoms with Gasteiger partial charge in [0.25, 0.3) is 0 Å². The van der Waals surface area contributed by atoms with Crippen molar-refractivity contribution < 1.29 is 19.7 Å². The second-order valence-electron chi connectivity index (χ2n) is 9.68. The summed E-state index contributed by atoms with van der Waals surface area (Å²) in [5, 5.41) is 21.4. The molecule has 2 aliphatic rings. The van der Waals surface area contributed by atoms with Crippen LogP contribution < -0.4 is 0 Å². The number of rotatable bonds is 6. The first-order chi connectivity index (χ1) is 15.4. The van der Waals surface area contributed by atoms with E-state index in [0.29, 0.717) is 25.7 Å². The van der Waals surface area contributed by atoms with Crippen LogP contribution >= 0.6 is 0 Å². The van der Waals surface area contributed by atoms with Crippen LogP contribution in [0.1, 0.15) is 56.1 Å². The monoisotopic (exact) mass is 438 g/mol. The van der Waals surface area contributed by atoms with Gasteiger partial charge in [0, 0.05) is 26.0 Å². The maximum atomic E-state index is 13.1. The van der Waals surface area contributed by atoms with Crippen molar-refractivity contribution in [2.45, 2.75) is 74.7 Å². The van der Waals surface area contributed by atoms with Gasteiger partial charge < -0.3 is 19.8 Å². The fraction of sp³-hybridized carbons (Fsp3) is 0.538.